The van der Waals surface area contributed by atoms with E-state index in [-0.39, 0.29) is 36.0 Å². The summed E-state index contributed by atoms with van der Waals surface area (Å²) in [5.41, 5.74) is 0.361. The number of carbonyl (C=O) groups excluding carboxylic acids is 2. The van der Waals surface area contributed by atoms with Gasteiger partial charge in [0.1, 0.15) is 11.4 Å². The normalized spacial score (nSPS) is 9.67. The fourth-order valence-electron chi connectivity index (χ4n) is 1.52. The zero-order valence-electron chi connectivity index (χ0n) is 12.3. The van der Waals surface area contributed by atoms with E-state index in [9.17, 15) is 9.59 Å². The van der Waals surface area contributed by atoms with E-state index in [1.807, 2.05) is 0 Å². The number of pyridine rings is 1. The number of rotatable bonds is 7. The van der Waals surface area contributed by atoms with Crippen molar-refractivity contribution in [3.05, 3.63) is 30.1 Å². The molecule has 0 aliphatic rings. The molecule has 1 heterocycles. The Morgan fingerprint density at radius 2 is 1.95 bits per heavy atom. The van der Waals surface area contributed by atoms with Gasteiger partial charge in [0.15, 0.2) is 0 Å². The maximum absolute atomic E-state index is 11.9. The van der Waals surface area contributed by atoms with Crippen LogP contribution < -0.4 is 10.1 Å². The van der Waals surface area contributed by atoms with Crippen molar-refractivity contribution in [2.75, 3.05) is 25.6 Å². The summed E-state index contributed by atoms with van der Waals surface area (Å²) in [6.45, 7) is 7.39. The minimum absolute atomic E-state index is 0.0336. The van der Waals surface area contributed by atoms with Crippen molar-refractivity contribution in [3.8, 4) is 5.88 Å². The minimum Gasteiger partial charge on any atom is -0.479 e. The zero-order valence-corrected chi connectivity index (χ0v) is 12.3. The molecular weight excluding hydrogens is 276 g/mol. The maximum atomic E-state index is 11.9. The van der Waals surface area contributed by atoms with Gasteiger partial charge in [-0.15, -0.1) is 0 Å². The van der Waals surface area contributed by atoms with Gasteiger partial charge in [0.2, 0.25) is 5.88 Å². The molecule has 7 heteroatoms. The Morgan fingerprint density at radius 1 is 1.29 bits per heavy atom. The van der Waals surface area contributed by atoms with Gasteiger partial charge in [0, 0.05) is 6.20 Å². The molecule has 1 N–H and O–H groups in total. The Hall–Kier alpha value is -2.57. The van der Waals surface area contributed by atoms with Crippen molar-refractivity contribution < 1.29 is 23.8 Å². The van der Waals surface area contributed by atoms with E-state index in [0.29, 0.717) is 0 Å². The molecule has 0 unspecified atom stereocenters. The van der Waals surface area contributed by atoms with Crippen LogP contribution in [0.3, 0.4) is 0 Å². The molecule has 21 heavy (non-hydrogen) atoms. The lowest BCUT2D eigenvalue weighted by atomic mass is 10.2. The number of anilines is 1. The third kappa shape index (κ3) is 4.20. The van der Waals surface area contributed by atoms with Crippen LogP contribution in [-0.2, 0) is 14.3 Å². The SMILES string of the molecule is C=C(Nc1c(C(=O)OCC)ccnc1OC)C(=O)OCC. The molecular formula is C14H18N2O5. The first kappa shape index (κ1) is 16.5. The van der Waals surface area contributed by atoms with E-state index in [2.05, 4.69) is 16.9 Å². The van der Waals surface area contributed by atoms with E-state index in [4.69, 9.17) is 14.2 Å². The number of carbonyl (C=O) groups is 2. The predicted octanol–water partition coefficient (Wildman–Crippen LogP) is 1.76. The average molecular weight is 294 g/mol. The number of nitrogens with zero attached hydrogens (tertiary/aromatic N) is 1. The van der Waals surface area contributed by atoms with E-state index in [1.54, 1.807) is 13.8 Å². The van der Waals surface area contributed by atoms with Crippen LogP contribution in [-0.4, -0.2) is 37.2 Å². The third-order valence-corrected chi connectivity index (χ3v) is 2.40. The first-order chi connectivity index (χ1) is 10.0. The Bertz CT molecular complexity index is 542. The van der Waals surface area contributed by atoms with Crippen molar-refractivity contribution in [3.63, 3.8) is 0 Å². The first-order valence-electron chi connectivity index (χ1n) is 6.38. The summed E-state index contributed by atoms with van der Waals surface area (Å²) < 4.78 is 14.8. The van der Waals surface area contributed by atoms with E-state index in [1.165, 1.54) is 19.4 Å². The van der Waals surface area contributed by atoms with Gasteiger partial charge in [-0.05, 0) is 19.9 Å². The lowest BCUT2D eigenvalue weighted by Gasteiger charge is -2.14. The van der Waals surface area contributed by atoms with Crippen molar-refractivity contribution >= 4 is 17.6 Å². The second-order valence-electron chi connectivity index (χ2n) is 3.79. The summed E-state index contributed by atoms with van der Waals surface area (Å²) in [7, 11) is 1.40. The molecule has 0 saturated heterocycles. The lowest BCUT2D eigenvalue weighted by Crippen LogP contribution is -2.17. The zero-order chi connectivity index (χ0) is 15.8. The molecule has 0 spiro atoms. The summed E-state index contributed by atoms with van der Waals surface area (Å²) in [5, 5.41) is 2.70. The number of methoxy groups -OCH3 is 1. The fourth-order valence-corrected chi connectivity index (χ4v) is 1.52. The van der Waals surface area contributed by atoms with Crippen LogP contribution in [0, 0.1) is 0 Å². The van der Waals surface area contributed by atoms with Gasteiger partial charge >= 0.3 is 11.9 Å². The number of esters is 2. The summed E-state index contributed by atoms with van der Waals surface area (Å²) in [5.74, 6) is -1.04. The molecule has 0 saturated carbocycles. The van der Waals surface area contributed by atoms with Crippen LogP contribution in [0.2, 0.25) is 0 Å². The summed E-state index contributed by atoms with van der Waals surface area (Å²) in [4.78, 5) is 27.5. The fraction of sp³-hybridized carbons (Fsp3) is 0.357. The van der Waals surface area contributed by atoms with Gasteiger partial charge < -0.3 is 19.5 Å². The number of hydrogen-bond donors (Lipinski definition) is 1. The highest BCUT2D eigenvalue weighted by Crippen LogP contribution is 2.27. The lowest BCUT2D eigenvalue weighted by molar-refractivity contribution is -0.138. The molecule has 0 aliphatic heterocycles. The highest BCUT2D eigenvalue weighted by atomic mass is 16.5. The number of aromatic nitrogens is 1. The van der Waals surface area contributed by atoms with Crippen LogP contribution in [0.25, 0.3) is 0 Å². The molecule has 0 aromatic carbocycles. The van der Waals surface area contributed by atoms with Crippen LogP contribution in [0.4, 0.5) is 5.69 Å². The van der Waals surface area contributed by atoms with Crippen molar-refractivity contribution in [2.24, 2.45) is 0 Å². The molecule has 0 radical (unpaired) electrons. The topological polar surface area (TPSA) is 86.8 Å². The van der Waals surface area contributed by atoms with Crippen LogP contribution in [0.1, 0.15) is 24.2 Å². The highest BCUT2D eigenvalue weighted by molar-refractivity contribution is 5.99. The maximum Gasteiger partial charge on any atom is 0.354 e. The smallest absolute Gasteiger partial charge is 0.354 e. The monoisotopic (exact) mass is 294 g/mol. The van der Waals surface area contributed by atoms with E-state index < -0.39 is 11.9 Å². The van der Waals surface area contributed by atoms with Gasteiger partial charge in [-0.2, -0.15) is 0 Å². The largest absolute Gasteiger partial charge is 0.479 e. The second kappa shape index (κ2) is 7.88. The summed E-state index contributed by atoms with van der Waals surface area (Å²) in [6, 6.07) is 1.46. The molecule has 1 aromatic rings. The third-order valence-electron chi connectivity index (χ3n) is 2.40. The van der Waals surface area contributed by atoms with Crippen LogP contribution in [0.15, 0.2) is 24.5 Å². The Morgan fingerprint density at radius 3 is 2.52 bits per heavy atom. The molecule has 0 fully saturated rings. The Kier molecular flexibility index (Phi) is 6.19. The highest BCUT2D eigenvalue weighted by Gasteiger charge is 2.20. The van der Waals surface area contributed by atoms with Crippen molar-refractivity contribution in [1.82, 2.24) is 4.98 Å². The minimum atomic E-state index is -0.627. The molecule has 1 rings (SSSR count). The van der Waals surface area contributed by atoms with Crippen LogP contribution >= 0.6 is 0 Å². The van der Waals surface area contributed by atoms with Gasteiger partial charge in [-0.25, -0.2) is 14.6 Å². The second-order valence-corrected chi connectivity index (χ2v) is 3.79. The summed E-state index contributed by atoms with van der Waals surface area (Å²) >= 11 is 0. The molecule has 0 atom stereocenters. The van der Waals surface area contributed by atoms with Gasteiger partial charge in [0.05, 0.1) is 25.9 Å². The molecule has 114 valence electrons. The molecule has 1 aromatic heterocycles. The van der Waals surface area contributed by atoms with E-state index in [0.717, 1.165) is 0 Å². The van der Waals surface area contributed by atoms with E-state index >= 15 is 0 Å². The standard InChI is InChI=1S/C14H18N2O5/c1-5-20-13(17)9(3)16-11-10(14(18)21-6-2)7-8-15-12(11)19-4/h7-8,16H,3,5-6H2,1-2,4H3. The number of hydrogen-bond acceptors (Lipinski definition) is 7. The quantitative estimate of drug-likeness (QED) is 0.605. The van der Waals surface area contributed by atoms with Crippen molar-refractivity contribution in [2.45, 2.75) is 13.8 Å². The first-order valence-corrected chi connectivity index (χ1v) is 6.38. The Balaban J connectivity index is 3.10. The molecule has 0 amide bonds. The molecule has 0 aliphatic carbocycles. The molecule has 0 bridgehead atoms. The predicted molar refractivity (Wildman–Crippen MR) is 76.1 cm³/mol. The number of ether oxygens (including phenoxy) is 3. The van der Waals surface area contributed by atoms with Crippen LogP contribution in [0.5, 0.6) is 5.88 Å². The number of nitrogens with one attached hydrogen (secondary N) is 1. The molecule has 7 nitrogen and oxygen atoms in total. The Labute approximate surface area is 122 Å². The van der Waals surface area contributed by atoms with Gasteiger partial charge in [-0.3, -0.25) is 0 Å². The average Bonchev–Trinajstić information content (AvgIpc) is 2.47. The summed E-state index contributed by atoms with van der Waals surface area (Å²) in [6.07, 6.45) is 1.41. The van der Waals surface area contributed by atoms with Gasteiger partial charge in [0.25, 0.3) is 0 Å². The van der Waals surface area contributed by atoms with Crippen molar-refractivity contribution in [1.29, 1.82) is 0 Å². The van der Waals surface area contributed by atoms with Gasteiger partial charge in [-0.1, -0.05) is 6.58 Å².